The lowest BCUT2D eigenvalue weighted by atomic mass is 10.1. The lowest BCUT2D eigenvalue weighted by Gasteiger charge is -2.07. The molecule has 7 heteroatoms. The lowest BCUT2D eigenvalue weighted by Crippen LogP contribution is -2.14. The van der Waals surface area contributed by atoms with E-state index in [2.05, 4.69) is 26.4 Å². The van der Waals surface area contributed by atoms with Crippen molar-refractivity contribution in [3.05, 3.63) is 69.1 Å². The molecule has 0 saturated heterocycles. The first-order chi connectivity index (χ1) is 11.5. The highest BCUT2D eigenvalue weighted by Gasteiger charge is 2.22. The highest BCUT2D eigenvalue weighted by molar-refractivity contribution is 9.10. The van der Waals surface area contributed by atoms with Crippen molar-refractivity contribution in [3.8, 4) is 11.3 Å². The summed E-state index contributed by atoms with van der Waals surface area (Å²) in [7, 11) is 0. The molecule has 0 spiro atoms. The van der Waals surface area contributed by atoms with Crippen LogP contribution in [0.3, 0.4) is 0 Å². The summed E-state index contributed by atoms with van der Waals surface area (Å²) in [6, 6.07) is 11.3. The first-order valence-electron chi connectivity index (χ1n) is 6.94. The van der Waals surface area contributed by atoms with E-state index in [4.69, 9.17) is 16.1 Å². The van der Waals surface area contributed by atoms with E-state index in [1.807, 2.05) is 0 Å². The predicted molar refractivity (Wildman–Crippen MR) is 93.7 cm³/mol. The van der Waals surface area contributed by atoms with E-state index in [1.54, 1.807) is 37.3 Å². The molecule has 24 heavy (non-hydrogen) atoms. The first-order valence-corrected chi connectivity index (χ1v) is 8.11. The summed E-state index contributed by atoms with van der Waals surface area (Å²) in [5.74, 6) is -0.721. The number of nitrogens with zero attached hydrogens (tertiary/aromatic N) is 1. The van der Waals surface area contributed by atoms with Crippen LogP contribution in [0.4, 0.5) is 10.1 Å². The summed E-state index contributed by atoms with van der Waals surface area (Å²) >= 11 is 9.16. The molecule has 4 nitrogen and oxygen atoms in total. The van der Waals surface area contributed by atoms with Crippen molar-refractivity contribution < 1.29 is 13.7 Å². The standard InChI is InChI=1S/C17H11BrClFN2O2/c1-9-15(16(22-24-9)10-3-2-4-12(19)7-10)17(23)21-14-6-5-11(18)8-13(14)20/h2-8H,1H3,(H,21,23). The van der Waals surface area contributed by atoms with Crippen LogP contribution in [0.25, 0.3) is 11.3 Å². The van der Waals surface area contributed by atoms with Crippen molar-refractivity contribution in [3.63, 3.8) is 0 Å². The van der Waals surface area contributed by atoms with Crippen LogP contribution in [0.15, 0.2) is 51.5 Å². The Hall–Kier alpha value is -2.18. The van der Waals surface area contributed by atoms with Crippen LogP contribution in [0.1, 0.15) is 16.1 Å². The van der Waals surface area contributed by atoms with Crippen LogP contribution in [0.5, 0.6) is 0 Å². The molecule has 0 radical (unpaired) electrons. The molecule has 1 amide bonds. The Labute approximate surface area is 150 Å². The second-order valence-corrected chi connectivity index (χ2v) is 6.40. The molecule has 3 aromatic rings. The van der Waals surface area contributed by atoms with Gasteiger partial charge in [-0.1, -0.05) is 44.8 Å². The van der Waals surface area contributed by atoms with Gasteiger partial charge in [0, 0.05) is 15.1 Å². The van der Waals surface area contributed by atoms with Gasteiger partial charge in [-0.05, 0) is 37.3 Å². The summed E-state index contributed by atoms with van der Waals surface area (Å²) in [5.41, 5.74) is 1.30. The number of halogens is 3. The molecule has 122 valence electrons. The van der Waals surface area contributed by atoms with Gasteiger partial charge < -0.3 is 9.84 Å². The number of hydrogen-bond donors (Lipinski definition) is 1. The minimum absolute atomic E-state index is 0.0702. The fraction of sp³-hybridized carbons (Fsp3) is 0.0588. The number of rotatable bonds is 3. The van der Waals surface area contributed by atoms with Crippen molar-refractivity contribution in [2.45, 2.75) is 6.92 Å². The minimum atomic E-state index is -0.545. The second kappa shape index (κ2) is 6.75. The molecule has 0 aliphatic carbocycles. The van der Waals surface area contributed by atoms with Gasteiger partial charge in [-0.2, -0.15) is 0 Å². The van der Waals surface area contributed by atoms with E-state index in [-0.39, 0.29) is 11.3 Å². The third-order valence-electron chi connectivity index (χ3n) is 3.37. The van der Waals surface area contributed by atoms with Gasteiger partial charge in [-0.15, -0.1) is 0 Å². The zero-order chi connectivity index (χ0) is 17.3. The Balaban J connectivity index is 1.97. The third kappa shape index (κ3) is 3.34. The molecule has 0 fully saturated rings. The van der Waals surface area contributed by atoms with Crippen molar-refractivity contribution in [1.82, 2.24) is 5.16 Å². The van der Waals surface area contributed by atoms with Crippen LogP contribution in [0.2, 0.25) is 5.02 Å². The Kier molecular flexibility index (Phi) is 4.69. The third-order valence-corrected chi connectivity index (χ3v) is 4.10. The fourth-order valence-electron chi connectivity index (χ4n) is 2.25. The van der Waals surface area contributed by atoms with Crippen LogP contribution >= 0.6 is 27.5 Å². The molecular formula is C17H11BrClFN2O2. The molecule has 0 aliphatic heterocycles. The quantitative estimate of drug-likeness (QED) is 0.625. The number of aromatic nitrogens is 1. The average molecular weight is 410 g/mol. The fourth-order valence-corrected chi connectivity index (χ4v) is 2.77. The maximum absolute atomic E-state index is 13.9. The van der Waals surface area contributed by atoms with Crippen molar-refractivity contribution >= 4 is 39.1 Å². The molecule has 2 aromatic carbocycles. The molecular weight excluding hydrogens is 399 g/mol. The second-order valence-electron chi connectivity index (χ2n) is 5.05. The smallest absolute Gasteiger partial charge is 0.261 e. The summed E-state index contributed by atoms with van der Waals surface area (Å²) in [4.78, 5) is 12.6. The average Bonchev–Trinajstić information content (AvgIpc) is 2.92. The topological polar surface area (TPSA) is 55.1 Å². The number of hydrogen-bond acceptors (Lipinski definition) is 3. The van der Waals surface area contributed by atoms with E-state index in [1.165, 1.54) is 12.1 Å². The van der Waals surface area contributed by atoms with E-state index >= 15 is 0 Å². The summed E-state index contributed by atoms with van der Waals surface area (Å²) < 4.78 is 19.7. The normalized spacial score (nSPS) is 10.7. The zero-order valence-electron chi connectivity index (χ0n) is 12.4. The van der Waals surface area contributed by atoms with E-state index in [9.17, 15) is 9.18 Å². The number of carbonyl (C=O) groups excluding carboxylic acids is 1. The minimum Gasteiger partial charge on any atom is -0.360 e. The zero-order valence-corrected chi connectivity index (χ0v) is 14.8. The largest absolute Gasteiger partial charge is 0.360 e. The first kappa shape index (κ1) is 16.7. The maximum Gasteiger partial charge on any atom is 0.261 e. The number of amides is 1. The monoisotopic (exact) mass is 408 g/mol. The van der Waals surface area contributed by atoms with Crippen LogP contribution in [-0.2, 0) is 0 Å². The van der Waals surface area contributed by atoms with Gasteiger partial charge in [-0.25, -0.2) is 4.39 Å². The Morgan fingerprint density at radius 3 is 2.79 bits per heavy atom. The Bertz CT molecular complexity index is 927. The predicted octanol–water partition coefficient (Wildman–Crippen LogP) is 5.46. The highest BCUT2D eigenvalue weighted by atomic mass is 79.9. The summed E-state index contributed by atoms with van der Waals surface area (Å²) in [5, 5.41) is 6.98. The molecule has 0 atom stereocenters. The number of nitrogens with one attached hydrogen (secondary N) is 1. The van der Waals surface area contributed by atoms with Crippen molar-refractivity contribution in [1.29, 1.82) is 0 Å². The lowest BCUT2D eigenvalue weighted by molar-refractivity contribution is 0.102. The van der Waals surface area contributed by atoms with Gasteiger partial charge >= 0.3 is 0 Å². The molecule has 1 N–H and O–H groups in total. The van der Waals surface area contributed by atoms with Crippen molar-refractivity contribution in [2.75, 3.05) is 5.32 Å². The SMILES string of the molecule is Cc1onc(-c2cccc(Cl)c2)c1C(=O)Nc1ccc(Br)cc1F. The molecule has 1 aromatic heterocycles. The Morgan fingerprint density at radius 1 is 1.29 bits per heavy atom. The molecule has 1 heterocycles. The summed E-state index contributed by atoms with van der Waals surface area (Å²) in [6.45, 7) is 1.62. The van der Waals surface area contributed by atoms with E-state index in [0.717, 1.165) is 0 Å². The molecule has 0 aliphatic rings. The maximum atomic E-state index is 13.9. The van der Waals surface area contributed by atoms with Gasteiger partial charge in [0.25, 0.3) is 5.91 Å². The van der Waals surface area contributed by atoms with Crippen LogP contribution < -0.4 is 5.32 Å². The van der Waals surface area contributed by atoms with Crippen LogP contribution in [0, 0.1) is 12.7 Å². The van der Waals surface area contributed by atoms with Crippen LogP contribution in [-0.4, -0.2) is 11.1 Å². The number of aryl methyl sites for hydroxylation is 1. The highest BCUT2D eigenvalue weighted by Crippen LogP contribution is 2.28. The van der Waals surface area contributed by atoms with E-state index in [0.29, 0.717) is 26.5 Å². The molecule has 0 bridgehead atoms. The van der Waals surface area contributed by atoms with E-state index < -0.39 is 11.7 Å². The molecule has 0 unspecified atom stereocenters. The number of carbonyl (C=O) groups is 1. The van der Waals surface area contributed by atoms with Crippen molar-refractivity contribution in [2.24, 2.45) is 0 Å². The van der Waals surface area contributed by atoms with Gasteiger partial charge in [-0.3, -0.25) is 4.79 Å². The number of anilines is 1. The van der Waals surface area contributed by atoms with Gasteiger partial charge in [0.15, 0.2) is 0 Å². The molecule has 0 saturated carbocycles. The molecule has 3 rings (SSSR count). The summed E-state index contributed by atoms with van der Waals surface area (Å²) in [6.07, 6.45) is 0. The van der Waals surface area contributed by atoms with Gasteiger partial charge in [0.2, 0.25) is 0 Å². The number of benzene rings is 2. The van der Waals surface area contributed by atoms with Gasteiger partial charge in [0.1, 0.15) is 22.8 Å². The Morgan fingerprint density at radius 2 is 2.08 bits per heavy atom. The van der Waals surface area contributed by atoms with Gasteiger partial charge in [0.05, 0.1) is 5.69 Å².